The second-order valence-electron chi connectivity index (χ2n) is 0.587. The molecular weight excluding hydrogens is 105 g/mol. The molecule has 0 rings (SSSR count). The number of nitrogens with zero attached hydrogens (tertiary/aromatic N) is 1. The zero-order chi connectivity index (χ0) is 4.83. The van der Waals surface area contributed by atoms with Crippen LogP contribution in [0, 0.1) is 11.3 Å². The van der Waals surface area contributed by atoms with Crippen molar-refractivity contribution in [3.05, 3.63) is 0 Å². The first-order valence-corrected chi connectivity index (χ1v) is 1.44. The summed E-state index contributed by atoms with van der Waals surface area (Å²) in [4.78, 5) is 8.18. The Morgan fingerprint density at radius 2 is 2.29 bits per heavy atom. The van der Waals surface area contributed by atoms with Gasteiger partial charge in [0.25, 0.3) is 0 Å². The summed E-state index contributed by atoms with van der Waals surface area (Å²) < 4.78 is 0. The first-order chi connectivity index (χ1) is 2.91. The van der Waals surface area contributed by atoms with Gasteiger partial charge in [0.1, 0.15) is 0 Å². The van der Waals surface area contributed by atoms with Crippen LogP contribution in [0.3, 0.4) is 0 Å². The standard InChI is InChI=1S/C3H5NO2.Na/c1-5-6-3-2-4;/h3H2,1H3;. The molecule has 0 fully saturated rings. The molecule has 0 aliphatic carbocycles. The maximum atomic E-state index is 7.74. The molecule has 3 nitrogen and oxygen atoms in total. The van der Waals surface area contributed by atoms with E-state index in [1.54, 1.807) is 6.07 Å². The van der Waals surface area contributed by atoms with Crippen LogP contribution in [0.4, 0.5) is 0 Å². The summed E-state index contributed by atoms with van der Waals surface area (Å²) in [5.41, 5.74) is 0. The molecule has 0 heterocycles. The summed E-state index contributed by atoms with van der Waals surface area (Å²) in [6.07, 6.45) is 0. The predicted molar refractivity (Wildman–Crippen MR) is 24.3 cm³/mol. The van der Waals surface area contributed by atoms with Gasteiger partial charge in [0.2, 0.25) is 0 Å². The van der Waals surface area contributed by atoms with Crippen LogP contribution in [0.2, 0.25) is 0 Å². The molecule has 35 valence electrons. The van der Waals surface area contributed by atoms with Crippen LogP contribution in [-0.4, -0.2) is 43.3 Å². The van der Waals surface area contributed by atoms with Crippen LogP contribution in [0.1, 0.15) is 0 Å². The molecule has 0 aromatic heterocycles. The fraction of sp³-hybridized carbons (Fsp3) is 0.667. The maximum absolute atomic E-state index is 7.74. The molecule has 0 aliphatic heterocycles. The van der Waals surface area contributed by atoms with E-state index in [9.17, 15) is 0 Å². The Morgan fingerprint density at radius 3 is 2.43 bits per heavy atom. The van der Waals surface area contributed by atoms with Gasteiger partial charge in [0, 0.05) is 29.6 Å². The van der Waals surface area contributed by atoms with E-state index < -0.39 is 0 Å². The minimum absolute atomic E-state index is 0. The van der Waals surface area contributed by atoms with E-state index in [0.29, 0.717) is 0 Å². The third kappa shape index (κ3) is 10.7. The van der Waals surface area contributed by atoms with Gasteiger partial charge in [-0.05, 0) is 0 Å². The monoisotopic (exact) mass is 110 g/mol. The summed E-state index contributed by atoms with van der Waals surface area (Å²) in [7, 11) is 1.36. The Balaban J connectivity index is 0. The summed E-state index contributed by atoms with van der Waals surface area (Å²) in [5, 5.41) is 7.74. The molecule has 4 heteroatoms. The van der Waals surface area contributed by atoms with Crippen molar-refractivity contribution in [3.8, 4) is 6.07 Å². The molecule has 0 aromatic rings. The number of hydrogen-bond donors (Lipinski definition) is 0. The third-order valence-corrected chi connectivity index (χ3v) is 0.241. The maximum Gasteiger partial charge on any atom is 0.168 e. The number of hydrogen-bond acceptors (Lipinski definition) is 3. The zero-order valence-electron chi connectivity index (χ0n) is 4.47. The largest absolute Gasteiger partial charge is 0.239 e. The molecule has 0 unspecified atom stereocenters. The van der Waals surface area contributed by atoms with Gasteiger partial charge >= 0.3 is 0 Å². The molecule has 0 aliphatic rings. The van der Waals surface area contributed by atoms with Gasteiger partial charge in [-0.2, -0.15) is 5.26 Å². The van der Waals surface area contributed by atoms with Crippen molar-refractivity contribution >= 4 is 29.6 Å². The quantitative estimate of drug-likeness (QED) is 0.212. The van der Waals surface area contributed by atoms with Gasteiger partial charge in [-0.15, -0.1) is 0 Å². The summed E-state index contributed by atoms with van der Waals surface area (Å²) in [6.45, 7) is -0.00347. The average Bonchev–Trinajstić information content (AvgIpc) is 1.61. The van der Waals surface area contributed by atoms with Crippen molar-refractivity contribution in [2.24, 2.45) is 0 Å². The average molecular weight is 110 g/mol. The Labute approximate surface area is 64.4 Å². The summed E-state index contributed by atoms with van der Waals surface area (Å²) in [6, 6.07) is 1.72. The van der Waals surface area contributed by atoms with Gasteiger partial charge in [-0.3, -0.25) is 0 Å². The molecule has 0 bridgehead atoms. The van der Waals surface area contributed by atoms with E-state index >= 15 is 0 Å². The van der Waals surface area contributed by atoms with Crippen molar-refractivity contribution in [2.45, 2.75) is 0 Å². The van der Waals surface area contributed by atoms with E-state index in [2.05, 4.69) is 9.78 Å². The smallest absolute Gasteiger partial charge is 0.168 e. The van der Waals surface area contributed by atoms with Crippen molar-refractivity contribution in [2.75, 3.05) is 13.7 Å². The van der Waals surface area contributed by atoms with Gasteiger partial charge < -0.3 is 0 Å². The second kappa shape index (κ2) is 9.65. The Morgan fingerprint density at radius 1 is 1.71 bits per heavy atom. The molecule has 0 aromatic carbocycles. The van der Waals surface area contributed by atoms with Crippen LogP contribution in [-0.2, 0) is 9.78 Å². The first-order valence-electron chi connectivity index (χ1n) is 1.44. The first kappa shape index (κ1) is 10.4. The van der Waals surface area contributed by atoms with Gasteiger partial charge in [0.15, 0.2) is 6.61 Å². The molecule has 0 atom stereocenters. The van der Waals surface area contributed by atoms with E-state index in [0.717, 1.165) is 0 Å². The minimum Gasteiger partial charge on any atom is -0.239 e. The number of rotatable bonds is 2. The van der Waals surface area contributed by atoms with Gasteiger partial charge in [-0.1, -0.05) is 0 Å². The number of nitriles is 1. The molecule has 1 radical (unpaired) electrons. The molecular formula is C3H5NNaO2. The SMILES string of the molecule is COOCC#N.[Na]. The van der Waals surface area contributed by atoms with Crippen LogP contribution in [0.15, 0.2) is 0 Å². The van der Waals surface area contributed by atoms with Crippen LogP contribution >= 0.6 is 0 Å². The van der Waals surface area contributed by atoms with Crippen LogP contribution < -0.4 is 0 Å². The zero-order valence-corrected chi connectivity index (χ0v) is 6.47. The van der Waals surface area contributed by atoms with E-state index in [1.165, 1.54) is 7.11 Å². The molecule has 0 saturated heterocycles. The summed E-state index contributed by atoms with van der Waals surface area (Å²) in [5.74, 6) is 0. The van der Waals surface area contributed by atoms with Crippen molar-refractivity contribution in [1.82, 2.24) is 0 Å². The van der Waals surface area contributed by atoms with Gasteiger partial charge in [-0.25, -0.2) is 9.78 Å². The van der Waals surface area contributed by atoms with Crippen molar-refractivity contribution in [3.63, 3.8) is 0 Å². The predicted octanol–water partition coefficient (Wildman–Crippen LogP) is -0.293. The summed E-state index contributed by atoms with van der Waals surface area (Å²) >= 11 is 0. The Hall–Kier alpha value is 0.410. The molecule has 0 spiro atoms. The van der Waals surface area contributed by atoms with Crippen molar-refractivity contribution in [1.29, 1.82) is 5.26 Å². The fourth-order valence-electron chi connectivity index (χ4n) is 0.0853. The molecule has 7 heavy (non-hydrogen) atoms. The second-order valence-corrected chi connectivity index (χ2v) is 0.587. The Kier molecular flexibility index (Phi) is 14.3. The van der Waals surface area contributed by atoms with Gasteiger partial charge in [0.05, 0.1) is 13.2 Å². The molecule has 0 amide bonds. The van der Waals surface area contributed by atoms with E-state index in [4.69, 9.17) is 5.26 Å². The van der Waals surface area contributed by atoms with Crippen LogP contribution in [0.25, 0.3) is 0 Å². The van der Waals surface area contributed by atoms with E-state index in [1.807, 2.05) is 0 Å². The van der Waals surface area contributed by atoms with E-state index in [-0.39, 0.29) is 36.2 Å². The normalized spacial score (nSPS) is 6.29. The van der Waals surface area contributed by atoms with Crippen molar-refractivity contribution < 1.29 is 9.78 Å². The fourth-order valence-corrected chi connectivity index (χ4v) is 0.0853. The minimum atomic E-state index is -0.00347. The molecule has 0 saturated carbocycles. The Bertz CT molecular complexity index is 60.4. The third-order valence-electron chi connectivity index (χ3n) is 0.241. The topological polar surface area (TPSA) is 42.2 Å². The van der Waals surface area contributed by atoms with Crippen LogP contribution in [0.5, 0.6) is 0 Å². The molecule has 0 N–H and O–H groups in total.